The third-order valence-electron chi connectivity index (χ3n) is 4.20. The van der Waals surface area contributed by atoms with E-state index in [9.17, 15) is 9.59 Å². The summed E-state index contributed by atoms with van der Waals surface area (Å²) in [4.78, 5) is 31.5. The van der Waals surface area contributed by atoms with E-state index >= 15 is 0 Å². The Bertz CT molecular complexity index is 889. The van der Waals surface area contributed by atoms with E-state index in [-0.39, 0.29) is 11.8 Å². The maximum Gasteiger partial charge on any atom is 0.242 e. The molecule has 6 heteroatoms. The Morgan fingerprint density at radius 3 is 2.73 bits per heavy atom. The highest BCUT2D eigenvalue weighted by atomic mass is 16.2. The molecular weight excluding hydrogens is 328 g/mol. The number of para-hydroxylation sites is 1. The van der Waals surface area contributed by atoms with E-state index in [0.717, 1.165) is 22.2 Å². The van der Waals surface area contributed by atoms with Crippen molar-refractivity contribution in [2.24, 2.45) is 0 Å². The molecule has 0 unspecified atom stereocenters. The molecule has 1 aromatic carbocycles. The minimum absolute atomic E-state index is 0.193. The number of fused-ring (bicyclic) bond motifs is 1. The van der Waals surface area contributed by atoms with Crippen LogP contribution in [0.5, 0.6) is 0 Å². The van der Waals surface area contributed by atoms with Crippen molar-refractivity contribution in [2.75, 3.05) is 6.54 Å². The molecular formula is C20H22N4O2. The zero-order valence-electron chi connectivity index (χ0n) is 14.7. The van der Waals surface area contributed by atoms with Crippen LogP contribution in [0.1, 0.15) is 18.2 Å². The average Bonchev–Trinajstić information content (AvgIpc) is 3.05. The molecule has 3 rings (SSSR count). The third-order valence-corrected chi connectivity index (χ3v) is 4.20. The van der Waals surface area contributed by atoms with Gasteiger partial charge >= 0.3 is 0 Å². The first-order valence-corrected chi connectivity index (χ1v) is 8.63. The van der Waals surface area contributed by atoms with Gasteiger partial charge in [-0.15, -0.1) is 0 Å². The Morgan fingerprint density at radius 1 is 1.15 bits per heavy atom. The quantitative estimate of drug-likeness (QED) is 0.609. The minimum atomic E-state index is -0.615. The second-order valence-corrected chi connectivity index (χ2v) is 6.18. The summed E-state index contributed by atoms with van der Waals surface area (Å²) in [6.07, 6.45) is 4.69. The fraction of sp³-hybridized carbons (Fsp3) is 0.250. The number of nitrogens with zero attached hydrogens (tertiary/aromatic N) is 1. The number of benzene rings is 1. The topological polar surface area (TPSA) is 86.9 Å². The van der Waals surface area contributed by atoms with E-state index in [1.54, 1.807) is 6.20 Å². The Labute approximate surface area is 152 Å². The summed E-state index contributed by atoms with van der Waals surface area (Å²) < 4.78 is 0. The lowest BCUT2D eigenvalue weighted by Gasteiger charge is -2.17. The molecule has 6 nitrogen and oxygen atoms in total. The van der Waals surface area contributed by atoms with E-state index < -0.39 is 6.04 Å². The molecule has 0 aliphatic rings. The van der Waals surface area contributed by atoms with Gasteiger partial charge in [0, 0.05) is 55.3 Å². The molecule has 0 saturated heterocycles. The summed E-state index contributed by atoms with van der Waals surface area (Å²) in [6.45, 7) is 1.89. The fourth-order valence-corrected chi connectivity index (χ4v) is 2.96. The summed E-state index contributed by atoms with van der Waals surface area (Å²) in [6, 6.07) is 13.0. The van der Waals surface area contributed by atoms with Gasteiger partial charge in [-0.2, -0.15) is 0 Å². The van der Waals surface area contributed by atoms with Crippen molar-refractivity contribution in [3.63, 3.8) is 0 Å². The molecule has 2 amide bonds. The number of aromatic amines is 1. The minimum Gasteiger partial charge on any atom is -0.361 e. The van der Waals surface area contributed by atoms with Crippen molar-refractivity contribution in [2.45, 2.75) is 25.8 Å². The lowest BCUT2D eigenvalue weighted by molar-refractivity contribution is -0.128. The second-order valence-electron chi connectivity index (χ2n) is 6.18. The first-order valence-electron chi connectivity index (χ1n) is 8.63. The Balaban J connectivity index is 1.65. The summed E-state index contributed by atoms with van der Waals surface area (Å²) in [7, 11) is 0. The van der Waals surface area contributed by atoms with Gasteiger partial charge < -0.3 is 15.6 Å². The van der Waals surface area contributed by atoms with Crippen LogP contribution < -0.4 is 10.6 Å². The second kappa shape index (κ2) is 8.29. The molecule has 3 N–H and O–H groups in total. The lowest BCUT2D eigenvalue weighted by Crippen LogP contribution is -2.47. The molecule has 0 radical (unpaired) electrons. The van der Waals surface area contributed by atoms with Gasteiger partial charge in [-0.3, -0.25) is 14.6 Å². The standard InChI is InChI=1S/C20H22N4O2/c1-14(25)24-19(12-15-13-23-18-8-3-2-7-17(15)18)20(26)22-11-9-16-6-4-5-10-21-16/h2-8,10,13,19,23H,9,11-12H2,1H3,(H,22,26)(H,24,25)/t19-/m1/s1. The fourth-order valence-electron chi connectivity index (χ4n) is 2.96. The highest BCUT2D eigenvalue weighted by molar-refractivity contribution is 5.89. The summed E-state index contributed by atoms with van der Waals surface area (Å²) >= 11 is 0. The van der Waals surface area contributed by atoms with Gasteiger partial charge in [0.05, 0.1) is 0 Å². The van der Waals surface area contributed by atoms with Crippen LogP contribution in [0.25, 0.3) is 10.9 Å². The Hall–Kier alpha value is -3.15. The van der Waals surface area contributed by atoms with Gasteiger partial charge in [-0.1, -0.05) is 24.3 Å². The largest absolute Gasteiger partial charge is 0.361 e. The van der Waals surface area contributed by atoms with E-state index in [1.807, 2.05) is 48.7 Å². The van der Waals surface area contributed by atoms with Crippen LogP contribution in [0, 0.1) is 0 Å². The van der Waals surface area contributed by atoms with Crippen molar-refractivity contribution in [3.8, 4) is 0 Å². The van der Waals surface area contributed by atoms with Gasteiger partial charge in [0.25, 0.3) is 0 Å². The maximum absolute atomic E-state index is 12.6. The first-order chi connectivity index (χ1) is 12.6. The molecule has 3 aromatic rings. The predicted molar refractivity (Wildman–Crippen MR) is 101 cm³/mol. The van der Waals surface area contributed by atoms with Crippen LogP contribution >= 0.6 is 0 Å². The van der Waals surface area contributed by atoms with Crippen molar-refractivity contribution >= 4 is 22.7 Å². The normalized spacial score (nSPS) is 11.9. The number of H-pyrrole nitrogens is 1. The lowest BCUT2D eigenvalue weighted by atomic mass is 10.0. The number of pyridine rings is 1. The van der Waals surface area contributed by atoms with Crippen LogP contribution in [0.15, 0.2) is 54.9 Å². The van der Waals surface area contributed by atoms with Crippen molar-refractivity contribution in [1.29, 1.82) is 0 Å². The molecule has 134 valence electrons. The maximum atomic E-state index is 12.6. The Morgan fingerprint density at radius 2 is 1.96 bits per heavy atom. The average molecular weight is 350 g/mol. The zero-order valence-corrected chi connectivity index (χ0v) is 14.7. The van der Waals surface area contributed by atoms with Crippen LogP contribution in [0.3, 0.4) is 0 Å². The number of aromatic nitrogens is 2. The van der Waals surface area contributed by atoms with Crippen molar-refractivity contribution < 1.29 is 9.59 Å². The van der Waals surface area contributed by atoms with Crippen molar-refractivity contribution in [1.82, 2.24) is 20.6 Å². The van der Waals surface area contributed by atoms with Crippen molar-refractivity contribution in [3.05, 3.63) is 66.1 Å². The van der Waals surface area contributed by atoms with Crippen LogP contribution in [0.2, 0.25) is 0 Å². The predicted octanol–water partition coefficient (Wildman–Crippen LogP) is 1.97. The molecule has 0 bridgehead atoms. The SMILES string of the molecule is CC(=O)N[C@H](Cc1c[nH]c2ccccc12)C(=O)NCCc1ccccn1. The third kappa shape index (κ3) is 4.47. The van der Waals surface area contributed by atoms with Gasteiger partial charge in [0.1, 0.15) is 6.04 Å². The van der Waals surface area contributed by atoms with E-state index in [2.05, 4.69) is 20.6 Å². The molecule has 2 aromatic heterocycles. The zero-order chi connectivity index (χ0) is 18.4. The summed E-state index contributed by atoms with van der Waals surface area (Å²) in [5.41, 5.74) is 2.93. The van der Waals surface area contributed by atoms with E-state index in [4.69, 9.17) is 0 Å². The number of rotatable bonds is 7. The number of hydrogen-bond donors (Lipinski definition) is 3. The van der Waals surface area contributed by atoms with Crippen LogP contribution in [-0.2, 0) is 22.4 Å². The molecule has 0 aliphatic heterocycles. The first kappa shape index (κ1) is 17.7. The molecule has 0 aliphatic carbocycles. The molecule has 0 spiro atoms. The highest BCUT2D eigenvalue weighted by Gasteiger charge is 2.21. The highest BCUT2D eigenvalue weighted by Crippen LogP contribution is 2.19. The van der Waals surface area contributed by atoms with Crippen LogP contribution in [0.4, 0.5) is 0 Å². The summed E-state index contributed by atoms with van der Waals surface area (Å²) in [5.74, 6) is -0.420. The number of amides is 2. The summed E-state index contributed by atoms with van der Waals surface area (Å²) in [5, 5.41) is 6.70. The van der Waals surface area contributed by atoms with Gasteiger partial charge in [-0.05, 0) is 23.8 Å². The molecule has 26 heavy (non-hydrogen) atoms. The number of carbonyl (C=O) groups is 2. The van der Waals surface area contributed by atoms with E-state index in [0.29, 0.717) is 19.4 Å². The van der Waals surface area contributed by atoms with Gasteiger partial charge in [-0.25, -0.2) is 0 Å². The Kier molecular flexibility index (Phi) is 5.63. The molecule has 2 heterocycles. The van der Waals surface area contributed by atoms with Crippen LogP contribution in [-0.4, -0.2) is 34.4 Å². The molecule has 0 fully saturated rings. The number of hydrogen-bond acceptors (Lipinski definition) is 3. The molecule has 0 saturated carbocycles. The molecule has 1 atom stereocenters. The van der Waals surface area contributed by atoms with E-state index in [1.165, 1.54) is 6.92 Å². The smallest absolute Gasteiger partial charge is 0.242 e. The number of nitrogens with one attached hydrogen (secondary N) is 3. The van der Waals surface area contributed by atoms with Gasteiger partial charge in [0.15, 0.2) is 0 Å². The van der Waals surface area contributed by atoms with Gasteiger partial charge in [0.2, 0.25) is 11.8 Å². The monoisotopic (exact) mass is 350 g/mol. The number of carbonyl (C=O) groups excluding carboxylic acids is 2.